The van der Waals surface area contributed by atoms with Crippen molar-refractivity contribution in [3.63, 3.8) is 0 Å². The summed E-state index contributed by atoms with van der Waals surface area (Å²) in [6.07, 6.45) is 7.57. The first-order chi connectivity index (χ1) is 12.9. The van der Waals surface area contributed by atoms with Gasteiger partial charge in [-0.05, 0) is 46.7 Å². The molecule has 0 saturated heterocycles. The first-order valence-corrected chi connectivity index (χ1v) is 9.73. The second kappa shape index (κ2) is 10.3. The SMILES string of the molecule is CCOC(=O)C1CCC(NC(=NC)NCC(c2cnn(C)c2)N(C)C)CC1. The number of aromatic nitrogens is 2. The molecular weight excluding hydrogens is 344 g/mol. The molecule has 0 amide bonds. The van der Waals surface area contributed by atoms with Gasteiger partial charge < -0.3 is 20.3 Å². The molecule has 2 rings (SSSR count). The number of nitrogens with one attached hydrogen (secondary N) is 2. The molecular formula is C19H34N6O2. The highest BCUT2D eigenvalue weighted by Crippen LogP contribution is 2.25. The van der Waals surface area contributed by atoms with Crippen LogP contribution in [0.5, 0.6) is 0 Å². The van der Waals surface area contributed by atoms with Gasteiger partial charge >= 0.3 is 5.97 Å². The van der Waals surface area contributed by atoms with Crippen LogP contribution in [0.4, 0.5) is 0 Å². The first kappa shape index (κ1) is 21.2. The smallest absolute Gasteiger partial charge is 0.308 e. The number of likely N-dealkylation sites (N-methyl/N-ethyl adjacent to an activating group) is 1. The van der Waals surface area contributed by atoms with Crippen molar-refractivity contribution in [2.75, 3.05) is 34.3 Å². The van der Waals surface area contributed by atoms with Gasteiger partial charge in [0.1, 0.15) is 0 Å². The van der Waals surface area contributed by atoms with E-state index >= 15 is 0 Å². The summed E-state index contributed by atoms with van der Waals surface area (Å²) in [6.45, 7) is 3.04. The Labute approximate surface area is 162 Å². The second-order valence-electron chi connectivity index (χ2n) is 7.32. The highest BCUT2D eigenvalue weighted by atomic mass is 16.5. The van der Waals surface area contributed by atoms with Crippen LogP contribution in [0, 0.1) is 5.92 Å². The second-order valence-corrected chi connectivity index (χ2v) is 7.32. The average molecular weight is 379 g/mol. The molecule has 2 N–H and O–H groups in total. The van der Waals surface area contributed by atoms with Crippen molar-refractivity contribution in [2.45, 2.75) is 44.7 Å². The van der Waals surface area contributed by atoms with E-state index in [1.54, 1.807) is 7.05 Å². The van der Waals surface area contributed by atoms with Crippen LogP contribution >= 0.6 is 0 Å². The number of guanidine groups is 1. The molecule has 0 aliphatic heterocycles. The summed E-state index contributed by atoms with van der Waals surface area (Å²) in [6, 6.07) is 0.537. The number of esters is 1. The molecule has 1 atom stereocenters. The number of ether oxygens (including phenoxy) is 1. The van der Waals surface area contributed by atoms with Gasteiger partial charge in [0.15, 0.2) is 5.96 Å². The molecule has 0 spiro atoms. The third-order valence-corrected chi connectivity index (χ3v) is 5.11. The molecule has 1 unspecified atom stereocenters. The maximum absolute atomic E-state index is 11.9. The van der Waals surface area contributed by atoms with E-state index in [9.17, 15) is 4.79 Å². The zero-order chi connectivity index (χ0) is 19.8. The Kier molecular flexibility index (Phi) is 8.09. The Morgan fingerprint density at radius 2 is 2.11 bits per heavy atom. The normalized spacial score (nSPS) is 21.8. The molecule has 1 aliphatic carbocycles. The largest absolute Gasteiger partial charge is 0.466 e. The van der Waals surface area contributed by atoms with E-state index in [1.807, 2.05) is 31.0 Å². The van der Waals surface area contributed by atoms with Crippen LogP contribution in [0.3, 0.4) is 0 Å². The van der Waals surface area contributed by atoms with Gasteiger partial charge in [-0.3, -0.25) is 14.5 Å². The van der Waals surface area contributed by atoms with Crippen molar-refractivity contribution in [3.05, 3.63) is 18.0 Å². The van der Waals surface area contributed by atoms with Crippen molar-refractivity contribution in [3.8, 4) is 0 Å². The molecule has 152 valence electrons. The van der Waals surface area contributed by atoms with E-state index in [2.05, 4.69) is 39.7 Å². The van der Waals surface area contributed by atoms with E-state index in [0.29, 0.717) is 12.6 Å². The molecule has 8 nitrogen and oxygen atoms in total. The standard InChI is InChI=1S/C19H34N6O2/c1-6-27-18(26)14-7-9-16(10-8-14)23-19(20-2)21-12-17(24(3)4)15-11-22-25(5)13-15/h11,13-14,16-17H,6-10,12H2,1-5H3,(H2,20,21,23). The van der Waals surface area contributed by atoms with Crippen molar-refractivity contribution in [1.29, 1.82) is 0 Å². The third kappa shape index (κ3) is 6.23. The molecule has 1 heterocycles. The lowest BCUT2D eigenvalue weighted by Gasteiger charge is -2.30. The zero-order valence-corrected chi connectivity index (χ0v) is 17.2. The Balaban J connectivity index is 1.83. The van der Waals surface area contributed by atoms with Crippen LogP contribution in [0.2, 0.25) is 0 Å². The van der Waals surface area contributed by atoms with Crippen LogP contribution in [-0.2, 0) is 16.6 Å². The van der Waals surface area contributed by atoms with Gasteiger partial charge in [0, 0.05) is 38.4 Å². The monoisotopic (exact) mass is 378 g/mol. The summed E-state index contributed by atoms with van der Waals surface area (Å²) in [4.78, 5) is 18.4. The third-order valence-electron chi connectivity index (χ3n) is 5.11. The molecule has 0 radical (unpaired) electrons. The minimum absolute atomic E-state index is 0.0432. The van der Waals surface area contributed by atoms with Gasteiger partial charge in [0.05, 0.1) is 24.8 Å². The van der Waals surface area contributed by atoms with Crippen LogP contribution in [0.25, 0.3) is 0 Å². The predicted molar refractivity (Wildman–Crippen MR) is 107 cm³/mol. The molecule has 8 heteroatoms. The van der Waals surface area contributed by atoms with Crippen LogP contribution < -0.4 is 10.6 Å². The molecule has 1 aliphatic rings. The van der Waals surface area contributed by atoms with E-state index in [-0.39, 0.29) is 17.9 Å². The van der Waals surface area contributed by atoms with Gasteiger partial charge in [-0.2, -0.15) is 5.10 Å². The van der Waals surface area contributed by atoms with E-state index in [1.165, 1.54) is 5.56 Å². The molecule has 0 bridgehead atoms. The molecule has 1 aromatic rings. The fourth-order valence-corrected chi connectivity index (χ4v) is 3.53. The average Bonchev–Trinajstić information content (AvgIpc) is 3.07. The highest BCUT2D eigenvalue weighted by Gasteiger charge is 2.27. The summed E-state index contributed by atoms with van der Waals surface area (Å²) >= 11 is 0. The van der Waals surface area contributed by atoms with E-state index in [4.69, 9.17) is 4.74 Å². The summed E-state index contributed by atoms with van der Waals surface area (Å²) in [5, 5.41) is 11.2. The molecule has 0 aromatic carbocycles. The summed E-state index contributed by atoms with van der Waals surface area (Å²) in [5.74, 6) is 0.788. The Morgan fingerprint density at radius 1 is 1.41 bits per heavy atom. The number of nitrogens with zero attached hydrogens (tertiary/aromatic N) is 4. The van der Waals surface area contributed by atoms with Crippen LogP contribution in [0.1, 0.15) is 44.2 Å². The fraction of sp³-hybridized carbons (Fsp3) is 0.737. The number of carbonyl (C=O) groups is 1. The topological polar surface area (TPSA) is 83.8 Å². The fourth-order valence-electron chi connectivity index (χ4n) is 3.53. The molecule has 1 aromatic heterocycles. The maximum Gasteiger partial charge on any atom is 0.308 e. The van der Waals surface area contributed by atoms with Gasteiger partial charge in [-0.15, -0.1) is 0 Å². The number of rotatable bonds is 7. The lowest BCUT2D eigenvalue weighted by atomic mass is 9.86. The number of aliphatic imine (C=N–C) groups is 1. The van der Waals surface area contributed by atoms with Crippen molar-refractivity contribution < 1.29 is 9.53 Å². The number of hydrogen-bond donors (Lipinski definition) is 2. The quantitative estimate of drug-likeness (QED) is 0.423. The minimum atomic E-state index is -0.0521. The summed E-state index contributed by atoms with van der Waals surface area (Å²) in [5.41, 5.74) is 1.17. The number of carbonyl (C=O) groups excluding carboxylic acids is 1. The van der Waals surface area contributed by atoms with Gasteiger partial charge in [0.25, 0.3) is 0 Å². The van der Waals surface area contributed by atoms with Crippen LogP contribution in [-0.4, -0.2) is 66.9 Å². The van der Waals surface area contributed by atoms with E-state index < -0.39 is 0 Å². The van der Waals surface area contributed by atoms with Gasteiger partial charge in [-0.25, -0.2) is 0 Å². The van der Waals surface area contributed by atoms with Gasteiger partial charge in [-0.1, -0.05) is 0 Å². The minimum Gasteiger partial charge on any atom is -0.466 e. The lowest BCUT2D eigenvalue weighted by Crippen LogP contribution is -2.47. The number of aryl methyl sites for hydroxylation is 1. The van der Waals surface area contributed by atoms with Gasteiger partial charge in [0.2, 0.25) is 0 Å². The summed E-state index contributed by atoms with van der Waals surface area (Å²) < 4.78 is 6.96. The lowest BCUT2D eigenvalue weighted by molar-refractivity contribution is -0.149. The Hall–Kier alpha value is -2.09. The zero-order valence-electron chi connectivity index (χ0n) is 17.2. The first-order valence-electron chi connectivity index (χ1n) is 9.73. The van der Waals surface area contributed by atoms with E-state index in [0.717, 1.165) is 38.2 Å². The molecule has 27 heavy (non-hydrogen) atoms. The van der Waals surface area contributed by atoms with Crippen molar-refractivity contribution in [2.24, 2.45) is 18.0 Å². The maximum atomic E-state index is 11.9. The number of hydrogen-bond acceptors (Lipinski definition) is 5. The summed E-state index contributed by atoms with van der Waals surface area (Å²) in [7, 11) is 7.84. The predicted octanol–water partition coefficient (Wildman–Crippen LogP) is 1.31. The van der Waals surface area contributed by atoms with Crippen LogP contribution in [0.15, 0.2) is 17.4 Å². The Morgan fingerprint density at radius 3 is 2.63 bits per heavy atom. The highest BCUT2D eigenvalue weighted by molar-refractivity contribution is 5.80. The van der Waals surface area contributed by atoms with Crippen molar-refractivity contribution in [1.82, 2.24) is 25.3 Å². The molecule has 1 saturated carbocycles. The molecule has 1 fully saturated rings. The van der Waals surface area contributed by atoms with Crippen molar-refractivity contribution >= 4 is 11.9 Å². The Bertz CT molecular complexity index is 619.